The SMILES string of the molecule is CN(C)CCCNC(=O)c1cnn(C)n1. The second-order valence-electron chi connectivity index (χ2n) is 3.63. The molecule has 15 heavy (non-hydrogen) atoms. The predicted octanol–water partition coefficient (Wildman–Crippen LogP) is -0.503. The van der Waals surface area contributed by atoms with E-state index in [1.165, 1.54) is 11.0 Å². The number of hydrogen-bond donors (Lipinski definition) is 1. The fourth-order valence-corrected chi connectivity index (χ4v) is 1.14. The third-order valence-corrected chi connectivity index (χ3v) is 1.90. The number of rotatable bonds is 5. The Balaban J connectivity index is 2.25. The topological polar surface area (TPSA) is 63.1 Å². The van der Waals surface area contributed by atoms with Crippen molar-refractivity contribution in [3.63, 3.8) is 0 Å². The van der Waals surface area contributed by atoms with Crippen LogP contribution in [0.2, 0.25) is 0 Å². The Labute approximate surface area is 89.3 Å². The number of carbonyl (C=O) groups is 1. The molecule has 0 fully saturated rings. The number of aryl methyl sites for hydroxylation is 1. The number of nitrogens with one attached hydrogen (secondary N) is 1. The van der Waals surface area contributed by atoms with E-state index in [4.69, 9.17) is 0 Å². The highest BCUT2D eigenvalue weighted by Gasteiger charge is 2.08. The first-order valence-electron chi connectivity index (χ1n) is 4.89. The molecule has 1 N–H and O–H groups in total. The van der Waals surface area contributed by atoms with Gasteiger partial charge >= 0.3 is 0 Å². The summed E-state index contributed by atoms with van der Waals surface area (Å²) in [7, 11) is 5.69. The Hall–Kier alpha value is -1.43. The quantitative estimate of drug-likeness (QED) is 0.667. The van der Waals surface area contributed by atoms with Gasteiger partial charge in [0.15, 0.2) is 5.69 Å². The molecule has 1 aromatic heterocycles. The normalized spacial score (nSPS) is 10.7. The molecule has 1 aromatic rings. The van der Waals surface area contributed by atoms with Crippen LogP contribution >= 0.6 is 0 Å². The third kappa shape index (κ3) is 4.07. The highest BCUT2D eigenvalue weighted by atomic mass is 16.2. The van der Waals surface area contributed by atoms with Gasteiger partial charge in [0.2, 0.25) is 0 Å². The zero-order valence-corrected chi connectivity index (χ0v) is 9.40. The second kappa shape index (κ2) is 5.45. The van der Waals surface area contributed by atoms with Crippen LogP contribution < -0.4 is 5.32 Å². The lowest BCUT2D eigenvalue weighted by Gasteiger charge is -2.08. The minimum atomic E-state index is -0.165. The van der Waals surface area contributed by atoms with E-state index in [0.29, 0.717) is 12.2 Å². The maximum absolute atomic E-state index is 11.5. The first kappa shape index (κ1) is 11.6. The van der Waals surface area contributed by atoms with Crippen LogP contribution in [-0.4, -0.2) is 53.0 Å². The Morgan fingerprint density at radius 2 is 2.33 bits per heavy atom. The maximum atomic E-state index is 11.5. The zero-order chi connectivity index (χ0) is 11.3. The van der Waals surface area contributed by atoms with Crippen molar-refractivity contribution in [2.24, 2.45) is 7.05 Å². The van der Waals surface area contributed by atoms with Gasteiger partial charge in [0, 0.05) is 13.6 Å². The van der Waals surface area contributed by atoms with E-state index in [1.54, 1.807) is 7.05 Å². The van der Waals surface area contributed by atoms with E-state index in [0.717, 1.165) is 13.0 Å². The fraction of sp³-hybridized carbons (Fsp3) is 0.667. The molecule has 0 saturated carbocycles. The van der Waals surface area contributed by atoms with Gasteiger partial charge in [0.25, 0.3) is 5.91 Å². The standard InChI is InChI=1S/C9H17N5O/c1-13(2)6-4-5-10-9(15)8-7-11-14(3)12-8/h7H,4-6H2,1-3H3,(H,10,15). The van der Waals surface area contributed by atoms with E-state index in [2.05, 4.69) is 20.4 Å². The minimum Gasteiger partial charge on any atom is -0.351 e. The third-order valence-electron chi connectivity index (χ3n) is 1.90. The molecule has 0 aromatic carbocycles. The van der Waals surface area contributed by atoms with E-state index < -0.39 is 0 Å². The first-order valence-corrected chi connectivity index (χ1v) is 4.89. The molecule has 0 aliphatic heterocycles. The molecule has 0 aliphatic rings. The molecule has 0 unspecified atom stereocenters. The number of aromatic nitrogens is 3. The van der Waals surface area contributed by atoms with Crippen molar-refractivity contribution in [3.05, 3.63) is 11.9 Å². The number of amides is 1. The summed E-state index contributed by atoms with van der Waals surface area (Å²) in [5, 5.41) is 10.5. The number of nitrogens with zero attached hydrogens (tertiary/aromatic N) is 4. The van der Waals surface area contributed by atoms with Crippen molar-refractivity contribution >= 4 is 5.91 Å². The molecule has 6 nitrogen and oxygen atoms in total. The second-order valence-corrected chi connectivity index (χ2v) is 3.63. The fourth-order valence-electron chi connectivity index (χ4n) is 1.14. The van der Waals surface area contributed by atoms with Crippen molar-refractivity contribution in [1.29, 1.82) is 0 Å². The maximum Gasteiger partial charge on any atom is 0.273 e. The minimum absolute atomic E-state index is 0.165. The molecule has 84 valence electrons. The van der Waals surface area contributed by atoms with Crippen LogP contribution in [0.4, 0.5) is 0 Å². The van der Waals surface area contributed by atoms with E-state index in [1.807, 2.05) is 14.1 Å². The van der Waals surface area contributed by atoms with E-state index >= 15 is 0 Å². The van der Waals surface area contributed by atoms with Gasteiger partial charge in [0.1, 0.15) is 0 Å². The molecule has 1 amide bonds. The van der Waals surface area contributed by atoms with Gasteiger partial charge < -0.3 is 10.2 Å². The summed E-state index contributed by atoms with van der Waals surface area (Å²) in [5.41, 5.74) is 0.363. The number of hydrogen-bond acceptors (Lipinski definition) is 4. The van der Waals surface area contributed by atoms with Crippen molar-refractivity contribution in [3.8, 4) is 0 Å². The van der Waals surface area contributed by atoms with Crippen LogP contribution in [0.3, 0.4) is 0 Å². The van der Waals surface area contributed by atoms with Gasteiger partial charge in [-0.05, 0) is 27.1 Å². The average Bonchev–Trinajstić information content (AvgIpc) is 2.59. The smallest absolute Gasteiger partial charge is 0.273 e. The van der Waals surface area contributed by atoms with Crippen molar-refractivity contribution in [1.82, 2.24) is 25.2 Å². The summed E-state index contributed by atoms with van der Waals surface area (Å²) >= 11 is 0. The summed E-state index contributed by atoms with van der Waals surface area (Å²) in [6.07, 6.45) is 2.39. The lowest BCUT2D eigenvalue weighted by Crippen LogP contribution is -2.27. The summed E-state index contributed by atoms with van der Waals surface area (Å²) in [5.74, 6) is -0.165. The van der Waals surface area contributed by atoms with Gasteiger partial charge in [-0.2, -0.15) is 9.90 Å². The summed E-state index contributed by atoms with van der Waals surface area (Å²) in [4.78, 5) is 14.9. The van der Waals surface area contributed by atoms with Crippen LogP contribution in [0, 0.1) is 0 Å². The zero-order valence-electron chi connectivity index (χ0n) is 9.40. The largest absolute Gasteiger partial charge is 0.351 e. The van der Waals surface area contributed by atoms with Crippen LogP contribution in [0.15, 0.2) is 6.20 Å². The predicted molar refractivity (Wildman–Crippen MR) is 56.5 cm³/mol. The lowest BCUT2D eigenvalue weighted by molar-refractivity contribution is 0.0946. The van der Waals surface area contributed by atoms with E-state index in [-0.39, 0.29) is 5.91 Å². The Bertz CT molecular complexity index is 320. The highest BCUT2D eigenvalue weighted by molar-refractivity contribution is 5.91. The van der Waals surface area contributed by atoms with Gasteiger partial charge in [-0.3, -0.25) is 4.79 Å². The van der Waals surface area contributed by atoms with Crippen molar-refractivity contribution in [2.75, 3.05) is 27.2 Å². The van der Waals surface area contributed by atoms with Gasteiger partial charge in [0.05, 0.1) is 6.20 Å². The lowest BCUT2D eigenvalue weighted by atomic mass is 10.4. The molecular formula is C9H17N5O. The molecule has 6 heteroatoms. The molecular weight excluding hydrogens is 194 g/mol. The Morgan fingerprint density at radius 1 is 1.60 bits per heavy atom. The van der Waals surface area contributed by atoms with Gasteiger partial charge in [-0.1, -0.05) is 0 Å². The van der Waals surface area contributed by atoms with Crippen LogP contribution in [-0.2, 0) is 7.05 Å². The molecule has 1 heterocycles. The summed E-state index contributed by atoms with van der Waals surface area (Å²) in [6, 6.07) is 0. The van der Waals surface area contributed by atoms with Gasteiger partial charge in [-0.15, -0.1) is 5.10 Å². The monoisotopic (exact) mass is 211 g/mol. The van der Waals surface area contributed by atoms with Crippen molar-refractivity contribution < 1.29 is 4.79 Å². The van der Waals surface area contributed by atoms with Crippen LogP contribution in [0.25, 0.3) is 0 Å². The first-order chi connectivity index (χ1) is 7.09. The Morgan fingerprint density at radius 3 is 2.87 bits per heavy atom. The van der Waals surface area contributed by atoms with Gasteiger partial charge in [-0.25, -0.2) is 0 Å². The number of carbonyl (C=O) groups excluding carboxylic acids is 1. The molecule has 1 rings (SSSR count). The van der Waals surface area contributed by atoms with Crippen LogP contribution in [0.5, 0.6) is 0 Å². The summed E-state index contributed by atoms with van der Waals surface area (Å²) < 4.78 is 0. The molecule has 0 radical (unpaired) electrons. The molecule has 0 spiro atoms. The summed E-state index contributed by atoms with van der Waals surface area (Å²) in [6.45, 7) is 1.62. The molecule has 0 bridgehead atoms. The highest BCUT2D eigenvalue weighted by Crippen LogP contribution is 1.90. The average molecular weight is 211 g/mol. The Kier molecular flexibility index (Phi) is 4.23. The van der Waals surface area contributed by atoms with Crippen molar-refractivity contribution in [2.45, 2.75) is 6.42 Å². The molecule has 0 atom stereocenters. The van der Waals surface area contributed by atoms with E-state index in [9.17, 15) is 4.79 Å². The molecule has 0 aliphatic carbocycles. The molecule has 0 saturated heterocycles. The van der Waals surface area contributed by atoms with Crippen LogP contribution in [0.1, 0.15) is 16.9 Å².